The number of nitrogens with zero attached hydrogens (tertiary/aromatic N) is 1. The van der Waals surface area contributed by atoms with E-state index in [0.29, 0.717) is 16.9 Å². The Morgan fingerprint density at radius 3 is 2.69 bits per heavy atom. The van der Waals surface area contributed by atoms with Crippen molar-refractivity contribution in [2.24, 2.45) is 5.10 Å². The number of hydrogen-bond acceptors (Lipinski definition) is 4. The zero-order valence-corrected chi connectivity index (χ0v) is 15.9. The third-order valence-corrected chi connectivity index (χ3v) is 4.09. The molecule has 0 aromatic heterocycles. The smallest absolute Gasteiger partial charge is 0.259 e. The fourth-order valence-corrected chi connectivity index (χ4v) is 2.58. The monoisotopic (exact) mass is 461 g/mol. The molecule has 2 aromatic carbocycles. The van der Waals surface area contributed by atoms with E-state index in [1.54, 1.807) is 24.3 Å². The van der Waals surface area contributed by atoms with Crippen LogP contribution >= 0.6 is 22.6 Å². The molecule has 0 aliphatic rings. The van der Waals surface area contributed by atoms with E-state index < -0.39 is 5.91 Å². The number of terminal acetylenes is 1. The number of halogens is 1. The highest BCUT2D eigenvalue weighted by atomic mass is 127. The van der Waals surface area contributed by atoms with Gasteiger partial charge in [0.2, 0.25) is 0 Å². The summed E-state index contributed by atoms with van der Waals surface area (Å²) in [5, 5.41) is 6.42. The fraction of sp³-hybridized carbons (Fsp3) is 0.105. The molecule has 2 amide bonds. The molecule has 6 nitrogen and oxygen atoms in total. The Hall–Kier alpha value is -2.86. The number of carbonyl (C=O) groups is 2. The van der Waals surface area contributed by atoms with E-state index >= 15 is 0 Å². The molecule has 26 heavy (non-hydrogen) atoms. The Morgan fingerprint density at radius 1 is 1.19 bits per heavy atom. The third-order valence-electron chi connectivity index (χ3n) is 3.15. The van der Waals surface area contributed by atoms with Gasteiger partial charge in [-0.1, -0.05) is 30.2 Å². The molecule has 0 unspecified atom stereocenters. The van der Waals surface area contributed by atoms with E-state index in [-0.39, 0.29) is 19.1 Å². The number of rotatable bonds is 7. The van der Waals surface area contributed by atoms with Gasteiger partial charge >= 0.3 is 0 Å². The van der Waals surface area contributed by atoms with Gasteiger partial charge in [0.05, 0.1) is 18.3 Å². The van der Waals surface area contributed by atoms with Crippen molar-refractivity contribution in [3.63, 3.8) is 0 Å². The van der Waals surface area contributed by atoms with Crippen LogP contribution < -0.4 is 15.5 Å². The van der Waals surface area contributed by atoms with Crippen LogP contribution in [-0.4, -0.2) is 31.2 Å². The van der Waals surface area contributed by atoms with E-state index in [4.69, 9.17) is 11.2 Å². The van der Waals surface area contributed by atoms with Gasteiger partial charge in [0, 0.05) is 9.13 Å². The third kappa shape index (κ3) is 5.89. The normalized spacial score (nSPS) is 10.2. The van der Waals surface area contributed by atoms with Gasteiger partial charge < -0.3 is 10.1 Å². The number of hydrazone groups is 1. The number of nitrogens with one attached hydrogen (secondary N) is 2. The lowest BCUT2D eigenvalue weighted by molar-refractivity contribution is -0.120. The van der Waals surface area contributed by atoms with E-state index in [1.807, 2.05) is 24.3 Å². The zero-order chi connectivity index (χ0) is 18.8. The minimum atomic E-state index is -0.442. The first-order valence-electron chi connectivity index (χ1n) is 7.61. The average molecular weight is 461 g/mol. The quantitative estimate of drug-likeness (QED) is 0.287. The molecule has 0 saturated carbocycles. The highest BCUT2D eigenvalue weighted by molar-refractivity contribution is 14.1. The first kappa shape index (κ1) is 19.5. The Labute approximate surface area is 165 Å². The topological polar surface area (TPSA) is 79.8 Å². The lowest BCUT2D eigenvalue weighted by Crippen LogP contribution is -2.35. The Kier molecular flexibility index (Phi) is 7.64. The summed E-state index contributed by atoms with van der Waals surface area (Å²) >= 11 is 2.07. The minimum absolute atomic E-state index is 0.140. The van der Waals surface area contributed by atoms with Crippen LogP contribution in [0.15, 0.2) is 53.6 Å². The number of para-hydroxylation sites is 1. The van der Waals surface area contributed by atoms with E-state index in [2.05, 4.69) is 44.4 Å². The second-order valence-corrected chi connectivity index (χ2v) is 6.15. The van der Waals surface area contributed by atoms with Crippen molar-refractivity contribution in [1.82, 2.24) is 10.7 Å². The lowest BCUT2D eigenvalue weighted by Gasteiger charge is -2.06. The summed E-state index contributed by atoms with van der Waals surface area (Å²) in [6.07, 6.45) is 6.62. The predicted molar refractivity (Wildman–Crippen MR) is 108 cm³/mol. The maximum Gasteiger partial charge on any atom is 0.259 e. The molecule has 0 bridgehead atoms. The van der Waals surface area contributed by atoms with Crippen LogP contribution in [0.1, 0.15) is 15.9 Å². The minimum Gasteiger partial charge on any atom is -0.480 e. The van der Waals surface area contributed by atoms with E-state index in [1.165, 1.54) is 6.21 Å². The van der Waals surface area contributed by atoms with Gasteiger partial charge in [0.25, 0.3) is 11.8 Å². The molecule has 0 aliphatic carbocycles. The van der Waals surface area contributed by atoms with Gasteiger partial charge in [-0.2, -0.15) is 5.10 Å². The summed E-state index contributed by atoms with van der Waals surface area (Å²) in [6.45, 7) is -0.0437. The first-order chi connectivity index (χ1) is 12.6. The van der Waals surface area contributed by atoms with Crippen LogP contribution in [0, 0.1) is 15.9 Å². The van der Waals surface area contributed by atoms with Crippen molar-refractivity contribution in [2.75, 3.05) is 13.2 Å². The van der Waals surface area contributed by atoms with Crippen LogP contribution in [0.5, 0.6) is 5.75 Å². The van der Waals surface area contributed by atoms with Crippen LogP contribution in [0.3, 0.4) is 0 Å². The number of benzene rings is 2. The van der Waals surface area contributed by atoms with Gasteiger partial charge in [0.1, 0.15) is 12.4 Å². The van der Waals surface area contributed by atoms with Crippen LogP contribution in [0.2, 0.25) is 0 Å². The Balaban J connectivity index is 1.86. The average Bonchev–Trinajstić information content (AvgIpc) is 2.65. The number of ether oxygens (including phenoxy) is 1. The molecule has 0 saturated heterocycles. The van der Waals surface area contributed by atoms with Crippen molar-refractivity contribution in [2.45, 2.75) is 0 Å². The molecule has 0 radical (unpaired) electrons. The van der Waals surface area contributed by atoms with Gasteiger partial charge in [-0.25, -0.2) is 5.43 Å². The summed E-state index contributed by atoms with van der Waals surface area (Å²) in [6, 6.07) is 14.3. The SMILES string of the molecule is C#CCOc1ccccc1/C=N/NC(=O)CNC(=O)c1ccccc1I. The van der Waals surface area contributed by atoms with Gasteiger partial charge in [0.15, 0.2) is 0 Å². The number of hydrogen-bond donors (Lipinski definition) is 2. The maximum absolute atomic E-state index is 12.0. The summed E-state index contributed by atoms with van der Waals surface area (Å²) in [5.74, 6) is 2.19. The standard InChI is InChI=1S/C19H16IN3O3/c1-2-11-26-17-10-6-3-7-14(17)12-22-23-18(24)13-21-19(25)15-8-4-5-9-16(15)20/h1,3-10,12H,11,13H2,(H,21,25)(H,23,24)/b22-12+. The summed E-state index contributed by atoms with van der Waals surface area (Å²) in [5.41, 5.74) is 3.54. The molecular formula is C19H16IN3O3. The second kappa shape index (κ2) is 10.2. The summed E-state index contributed by atoms with van der Waals surface area (Å²) in [7, 11) is 0. The molecule has 0 spiro atoms. The molecule has 0 aliphatic heterocycles. The fourth-order valence-electron chi connectivity index (χ4n) is 1.95. The Morgan fingerprint density at radius 2 is 1.92 bits per heavy atom. The van der Waals surface area contributed by atoms with Crippen LogP contribution in [-0.2, 0) is 4.79 Å². The number of amides is 2. The van der Waals surface area contributed by atoms with Crippen molar-refractivity contribution < 1.29 is 14.3 Å². The van der Waals surface area contributed by atoms with Crippen molar-refractivity contribution >= 4 is 40.6 Å². The highest BCUT2D eigenvalue weighted by Gasteiger charge is 2.10. The van der Waals surface area contributed by atoms with E-state index in [9.17, 15) is 9.59 Å². The van der Waals surface area contributed by atoms with E-state index in [0.717, 1.165) is 3.57 Å². The molecule has 2 rings (SSSR count). The zero-order valence-electron chi connectivity index (χ0n) is 13.7. The lowest BCUT2D eigenvalue weighted by atomic mass is 10.2. The Bertz CT molecular complexity index is 859. The van der Waals surface area contributed by atoms with Crippen LogP contribution in [0.4, 0.5) is 0 Å². The molecule has 0 heterocycles. The van der Waals surface area contributed by atoms with Gasteiger partial charge in [-0.15, -0.1) is 6.42 Å². The maximum atomic E-state index is 12.0. The largest absolute Gasteiger partial charge is 0.480 e. The predicted octanol–water partition coefficient (Wildman–Crippen LogP) is 2.18. The summed E-state index contributed by atoms with van der Waals surface area (Å²) < 4.78 is 6.20. The second-order valence-electron chi connectivity index (χ2n) is 4.99. The molecule has 132 valence electrons. The molecular weight excluding hydrogens is 445 g/mol. The molecule has 0 atom stereocenters. The van der Waals surface area contributed by atoms with Crippen molar-refractivity contribution in [1.29, 1.82) is 0 Å². The van der Waals surface area contributed by atoms with Crippen LogP contribution in [0.25, 0.3) is 0 Å². The highest BCUT2D eigenvalue weighted by Crippen LogP contribution is 2.15. The number of carbonyl (C=O) groups excluding carboxylic acids is 2. The molecule has 2 aromatic rings. The molecule has 2 N–H and O–H groups in total. The molecule has 7 heteroatoms. The molecule has 0 fully saturated rings. The van der Waals surface area contributed by atoms with Crippen molar-refractivity contribution in [3.05, 3.63) is 63.2 Å². The first-order valence-corrected chi connectivity index (χ1v) is 8.69. The van der Waals surface area contributed by atoms with Gasteiger partial charge in [-0.05, 0) is 46.9 Å². The van der Waals surface area contributed by atoms with Gasteiger partial charge in [-0.3, -0.25) is 9.59 Å². The van der Waals surface area contributed by atoms with Crippen molar-refractivity contribution in [3.8, 4) is 18.1 Å². The summed E-state index contributed by atoms with van der Waals surface area (Å²) in [4.78, 5) is 23.9.